The second-order valence-corrected chi connectivity index (χ2v) is 8.09. The van der Waals surface area contributed by atoms with Gasteiger partial charge in [-0.05, 0) is 36.6 Å². The highest BCUT2D eigenvalue weighted by molar-refractivity contribution is 7.89. The van der Waals surface area contributed by atoms with Gasteiger partial charge in [0, 0.05) is 24.0 Å². The lowest BCUT2D eigenvalue weighted by Gasteiger charge is -2.12. The van der Waals surface area contributed by atoms with Gasteiger partial charge in [0.2, 0.25) is 10.0 Å². The number of rotatable bonds is 3. The number of aromatic nitrogens is 2. The molecule has 0 spiro atoms. The van der Waals surface area contributed by atoms with E-state index in [4.69, 9.17) is 5.14 Å². The summed E-state index contributed by atoms with van der Waals surface area (Å²) in [4.78, 5) is 15.2. The molecule has 0 saturated heterocycles. The number of hydrogen-bond donors (Lipinski definition) is 2. The van der Waals surface area contributed by atoms with Crippen molar-refractivity contribution >= 4 is 20.9 Å². The minimum Gasteiger partial charge on any atom is -0.344 e. The average molecular weight is 357 g/mol. The van der Waals surface area contributed by atoms with Crippen LogP contribution in [0.1, 0.15) is 31.7 Å². The van der Waals surface area contributed by atoms with Gasteiger partial charge in [-0.3, -0.25) is 4.79 Å². The Kier molecular flexibility index (Phi) is 3.77. The maximum Gasteiger partial charge on any atom is 0.258 e. The molecular weight excluding hydrogens is 338 g/mol. The zero-order valence-electron chi connectivity index (χ0n) is 13.6. The van der Waals surface area contributed by atoms with Crippen LogP contribution in [-0.4, -0.2) is 18.0 Å². The van der Waals surface area contributed by atoms with E-state index < -0.39 is 10.0 Å². The third-order valence-corrected chi connectivity index (χ3v) is 5.90. The summed E-state index contributed by atoms with van der Waals surface area (Å²) in [5.41, 5.74) is 2.39. The number of nitrogens with zero attached hydrogens (tertiary/aromatic N) is 1. The van der Waals surface area contributed by atoms with Gasteiger partial charge in [-0.1, -0.05) is 25.0 Å². The van der Waals surface area contributed by atoms with Crippen LogP contribution in [-0.2, 0) is 10.0 Å². The molecule has 0 radical (unpaired) electrons. The summed E-state index contributed by atoms with van der Waals surface area (Å²) in [6, 6.07) is 8.67. The van der Waals surface area contributed by atoms with Crippen molar-refractivity contribution in [1.29, 1.82) is 0 Å². The normalized spacial score (nSPS) is 15.9. The van der Waals surface area contributed by atoms with Crippen molar-refractivity contribution in [2.75, 3.05) is 0 Å². The lowest BCUT2D eigenvalue weighted by molar-refractivity contribution is 0.536. The van der Waals surface area contributed by atoms with Crippen molar-refractivity contribution in [1.82, 2.24) is 9.55 Å². The second-order valence-electron chi connectivity index (χ2n) is 6.52. The minimum atomic E-state index is -3.73. The number of aromatic amines is 1. The number of sulfonamides is 1. The van der Waals surface area contributed by atoms with Crippen LogP contribution in [0.4, 0.5) is 0 Å². The molecule has 3 N–H and O–H groups in total. The Morgan fingerprint density at radius 3 is 2.40 bits per heavy atom. The molecule has 2 heterocycles. The van der Waals surface area contributed by atoms with E-state index in [1.165, 1.54) is 25.0 Å². The standard InChI is InChI=1S/C18H19N3O3S/c19-25(23,24)14-7-5-12(6-8-14)15-11-21(13-3-1-2-4-13)16-9-10-20-18(22)17(15)16/h5-11,13H,1-4H2,(H,20,22)(H2,19,23,24). The van der Waals surface area contributed by atoms with Crippen LogP contribution in [0, 0.1) is 0 Å². The second kappa shape index (κ2) is 5.86. The Labute approximate surface area is 145 Å². The van der Waals surface area contributed by atoms with Crippen LogP contribution in [0.5, 0.6) is 0 Å². The number of nitrogens with one attached hydrogen (secondary N) is 1. The molecule has 0 atom stereocenters. The Balaban J connectivity index is 1.91. The number of pyridine rings is 1. The van der Waals surface area contributed by atoms with Crippen LogP contribution in [0.3, 0.4) is 0 Å². The smallest absolute Gasteiger partial charge is 0.258 e. The van der Waals surface area contributed by atoms with E-state index in [9.17, 15) is 13.2 Å². The molecule has 0 unspecified atom stereocenters. The summed E-state index contributed by atoms with van der Waals surface area (Å²) in [5.74, 6) is 0. The topological polar surface area (TPSA) is 97.9 Å². The first-order valence-electron chi connectivity index (χ1n) is 8.30. The van der Waals surface area contributed by atoms with Gasteiger partial charge in [-0.15, -0.1) is 0 Å². The van der Waals surface area contributed by atoms with Crippen LogP contribution < -0.4 is 10.7 Å². The lowest BCUT2D eigenvalue weighted by atomic mass is 10.1. The molecule has 0 amide bonds. The number of primary sulfonamides is 1. The van der Waals surface area contributed by atoms with E-state index in [2.05, 4.69) is 9.55 Å². The Bertz CT molecular complexity index is 1090. The van der Waals surface area contributed by atoms with Gasteiger partial charge in [-0.25, -0.2) is 13.6 Å². The number of fused-ring (bicyclic) bond motifs is 1. The summed E-state index contributed by atoms with van der Waals surface area (Å²) in [7, 11) is -3.73. The van der Waals surface area contributed by atoms with Crippen molar-refractivity contribution in [3.8, 4) is 11.1 Å². The quantitative estimate of drug-likeness (QED) is 0.754. The largest absolute Gasteiger partial charge is 0.344 e. The molecule has 25 heavy (non-hydrogen) atoms. The third kappa shape index (κ3) is 2.79. The SMILES string of the molecule is NS(=O)(=O)c1ccc(-c2cn(C3CCCC3)c3cc[nH]c(=O)c23)cc1. The molecular formula is C18H19N3O3S. The lowest BCUT2D eigenvalue weighted by Crippen LogP contribution is -2.11. The summed E-state index contributed by atoms with van der Waals surface area (Å²) in [5, 5.41) is 5.80. The Morgan fingerprint density at radius 2 is 1.76 bits per heavy atom. The molecule has 3 aromatic rings. The van der Waals surface area contributed by atoms with E-state index >= 15 is 0 Å². The molecule has 4 rings (SSSR count). The summed E-state index contributed by atoms with van der Waals surface area (Å²) >= 11 is 0. The van der Waals surface area contributed by atoms with E-state index in [-0.39, 0.29) is 10.5 Å². The maximum absolute atomic E-state index is 12.4. The molecule has 1 saturated carbocycles. The van der Waals surface area contributed by atoms with E-state index in [0.29, 0.717) is 11.4 Å². The molecule has 7 heteroatoms. The third-order valence-electron chi connectivity index (χ3n) is 4.97. The predicted octanol–water partition coefficient (Wildman–Crippen LogP) is 2.76. The highest BCUT2D eigenvalue weighted by Gasteiger charge is 2.22. The molecule has 130 valence electrons. The highest BCUT2D eigenvalue weighted by Crippen LogP contribution is 2.36. The summed E-state index contributed by atoms with van der Waals surface area (Å²) < 4.78 is 25.1. The van der Waals surface area contributed by atoms with Gasteiger partial charge in [0.15, 0.2) is 0 Å². The Morgan fingerprint density at radius 1 is 1.08 bits per heavy atom. The van der Waals surface area contributed by atoms with Crippen LogP contribution in [0.2, 0.25) is 0 Å². The van der Waals surface area contributed by atoms with Crippen molar-refractivity contribution in [2.45, 2.75) is 36.6 Å². The fourth-order valence-corrected chi connectivity index (χ4v) is 4.26. The first kappa shape index (κ1) is 16.1. The summed E-state index contributed by atoms with van der Waals surface area (Å²) in [6.45, 7) is 0. The van der Waals surface area contributed by atoms with Crippen molar-refractivity contribution < 1.29 is 8.42 Å². The molecule has 1 aliphatic rings. The van der Waals surface area contributed by atoms with Crippen LogP contribution >= 0.6 is 0 Å². The van der Waals surface area contributed by atoms with Gasteiger partial charge >= 0.3 is 0 Å². The Hall–Kier alpha value is -2.38. The molecule has 6 nitrogen and oxygen atoms in total. The molecule has 2 aromatic heterocycles. The zero-order chi connectivity index (χ0) is 17.6. The first-order chi connectivity index (χ1) is 11.9. The number of H-pyrrole nitrogens is 1. The van der Waals surface area contributed by atoms with E-state index in [1.807, 2.05) is 12.3 Å². The fourth-order valence-electron chi connectivity index (χ4n) is 3.74. The van der Waals surface area contributed by atoms with E-state index in [0.717, 1.165) is 29.5 Å². The van der Waals surface area contributed by atoms with Crippen molar-refractivity contribution in [3.63, 3.8) is 0 Å². The van der Waals surface area contributed by atoms with Gasteiger partial charge in [-0.2, -0.15) is 0 Å². The van der Waals surface area contributed by atoms with Crippen LogP contribution in [0.15, 0.2) is 52.4 Å². The summed E-state index contributed by atoms with van der Waals surface area (Å²) in [6.07, 6.45) is 8.31. The van der Waals surface area contributed by atoms with Gasteiger partial charge in [0.25, 0.3) is 5.56 Å². The first-order valence-corrected chi connectivity index (χ1v) is 9.85. The zero-order valence-corrected chi connectivity index (χ0v) is 14.4. The minimum absolute atomic E-state index is 0.0599. The molecule has 0 bridgehead atoms. The van der Waals surface area contributed by atoms with Gasteiger partial charge in [0.1, 0.15) is 0 Å². The molecule has 1 aliphatic carbocycles. The van der Waals surface area contributed by atoms with Crippen LogP contribution in [0.25, 0.3) is 22.0 Å². The maximum atomic E-state index is 12.4. The predicted molar refractivity (Wildman–Crippen MR) is 96.9 cm³/mol. The van der Waals surface area contributed by atoms with Crippen molar-refractivity contribution in [3.05, 3.63) is 53.1 Å². The number of hydrogen-bond acceptors (Lipinski definition) is 3. The number of nitrogens with two attached hydrogens (primary N) is 1. The number of benzene rings is 1. The highest BCUT2D eigenvalue weighted by atomic mass is 32.2. The molecule has 1 fully saturated rings. The monoisotopic (exact) mass is 357 g/mol. The van der Waals surface area contributed by atoms with Gasteiger partial charge < -0.3 is 9.55 Å². The average Bonchev–Trinajstić information content (AvgIpc) is 3.22. The van der Waals surface area contributed by atoms with E-state index in [1.54, 1.807) is 18.3 Å². The molecule has 0 aliphatic heterocycles. The fraction of sp³-hybridized carbons (Fsp3) is 0.278. The van der Waals surface area contributed by atoms with Gasteiger partial charge in [0.05, 0.1) is 15.8 Å². The van der Waals surface area contributed by atoms with Crippen molar-refractivity contribution in [2.24, 2.45) is 5.14 Å². The molecule has 1 aromatic carbocycles.